The molecule has 0 atom stereocenters. The first-order valence-corrected chi connectivity index (χ1v) is 8.89. The molecule has 0 aliphatic carbocycles. The molecule has 1 aromatic heterocycles. The second kappa shape index (κ2) is 7.63. The molecule has 1 heterocycles. The van der Waals surface area contributed by atoms with Gasteiger partial charge in [0.25, 0.3) is 5.91 Å². The van der Waals surface area contributed by atoms with Crippen LogP contribution < -0.4 is 10.1 Å². The van der Waals surface area contributed by atoms with Gasteiger partial charge in [-0.15, -0.1) is 10.2 Å². The molecule has 0 aliphatic heterocycles. The fraction of sp³-hybridized carbons (Fsp3) is 0.167. The van der Waals surface area contributed by atoms with Crippen LogP contribution in [0.1, 0.15) is 24.2 Å². The summed E-state index contributed by atoms with van der Waals surface area (Å²) in [6.45, 7) is 3.90. The molecular weight excluding hydrogens is 358 g/mol. The van der Waals surface area contributed by atoms with Crippen molar-refractivity contribution in [1.82, 2.24) is 10.2 Å². The average molecular weight is 374 g/mol. The van der Waals surface area contributed by atoms with E-state index in [1.54, 1.807) is 30.3 Å². The van der Waals surface area contributed by atoms with Crippen LogP contribution in [0.2, 0.25) is 5.02 Å². The van der Waals surface area contributed by atoms with Gasteiger partial charge in [0, 0.05) is 11.1 Å². The number of nitrogens with zero attached hydrogens (tertiary/aromatic N) is 2. The maximum atomic E-state index is 12.3. The topological polar surface area (TPSA) is 64.1 Å². The molecule has 5 nitrogen and oxygen atoms in total. The van der Waals surface area contributed by atoms with Gasteiger partial charge in [-0.25, -0.2) is 0 Å². The van der Waals surface area contributed by atoms with E-state index in [9.17, 15) is 4.79 Å². The van der Waals surface area contributed by atoms with Gasteiger partial charge in [0.2, 0.25) is 5.13 Å². The van der Waals surface area contributed by atoms with Gasteiger partial charge in [0.05, 0.1) is 11.1 Å². The van der Waals surface area contributed by atoms with Crippen LogP contribution in [-0.4, -0.2) is 22.2 Å². The minimum Gasteiger partial charge on any atom is -0.491 e. The van der Waals surface area contributed by atoms with E-state index in [1.807, 2.05) is 32.0 Å². The second-order valence-electron chi connectivity index (χ2n) is 5.54. The SMILES string of the molecule is CC(C)Oc1ccc(C(=O)Nc2nnc(-c3ccccc3Cl)s2)cc1. The van der Waals surface area contributed by atoms with Crippen molar-refractivity contribution in [2.45, 2.75) is 20.0 Å². The monoisotopic (exact) mass is 373 g/mol. The number of carbonyl (C=O) groups excluding carboxylic acids is 1. The molecule has 0 saturated heterocycles. The van der Waals surface area contributed by atoms with Gasteiger partial charge in [0.15, 0.2) is 5.01 Å². The Morgan fingerprint density at radius 1 is 1.12 bits per heavy atom. The Morgan fingerprint density at radius 3 is 2.52 bits per heavy atom. The average Bonchev–Trinajstić information content (AvgIpc) is 3.03. The summed E-state index contributed by atoms with van der Waals surface area (Å²) in [6.07, 6.45) is 0.0873. The van der Waals surface area contributed by atoms with Crippen molar-refractivity contribution in [1.29, 1.82) is 0 Å². The fourth-order valence-electron chi connectivity index (χ4n) is 2.14. The zero-order chi connectivity index (χ0) is 17.8. The molecule has 0 spiro atoms. The molecule has 128 valence electrons. The fourth-order valence-corrected chi connectivity index (χ4v) is 3.20. The highest BCUT2D eigenvalue weighted by atomic mass is 35.5. The number of halogens is 1. The van der Waals surface area contributed by atoms with Crippen LogP contribution in [0, 0.1) is 0 Å². The minimum absolute atomic E-state index is 0.0873. The van der Waals surface area contributed by atoms with Gasteiger partial charge >= 0.3 is 0 Å². The Balaban J connectivity index is 1.70. The van der Waals surface area contributed by atoms with E-state index in [0.29, 0.717) is 20.7 Å². The normalized spacial score (nSPS) is 10.7. The van der Waals surface area contributed by atoms with Crippen molar-refractivity contribution in [2.24, 2.45) is 0 Å². The Kier molecular flexibility index (Phi) is 5.31. The lowest BCUT2D eigenvalue weighted by molar-refractivity contribution is 0.102. The molecule has 3 aromatic rings. The van der Waals surface area contributed by atoms with Gasteiger partial charge in [-0.3, -0.25) is 10.1 Å². The van der Waals surface area contributed by atoms with E-state index in [4.69, 9.17) is 16.3 Å². The standard InChI is InChI=1S/C18H16ClN3O2S/c1-11(2)24-13-9-7-12(8-10-13)16(23)20-18-22-21-17(25-18)14-5-3-4-6-15(14)19/h3-11H,1-2H3,(H,20,22,23). The lowest BCUT2D eigenvalue weighted by Crippen LogP contribution is -2.12. The summed E-state index contributed by atoms with van der Waals surface area (Å²) in [4.78, 5) is 12.3. The van der Waals surface area contributed by atoms with E-state index in [1.165, 1.54) is 11.3 Å². The maximum absolute atomic E-state index is 12.3. The van der Waals surface area contributed by atoms with Crippen molar-refractivity contribution >= 4 is 34.0 Å². The van der Waals surface area contributed by atoms with Crippen molar-refractivity contribution in [3.8, 4) is 16.3 Å². The van der Waals surface area contributed by atoms with Crippen molar-refractivity contribution in [3.63, 3.8) is 0 Å². The first kappa shape index (κ1) is 17.4. The van der Waals surface area contributed by atoms with Gasteiger partial charge in [0.1, 0.15) is 5.75 Å². The Hall–Kier alpha value is -2.44. The Morgan fingerprint density at radius 2 is 1.84 bits per heavy atom. The summed E-state index contributed by atoms with van der Waals surface area (Å²) in [6, 6.07) is 14.3. The molecule has 2 aromatic carbocycles. The van der Waals surface area contributed by atoms with E-state index in [2.05, 4.69) is 15.5 Å². The molecule has 0 radical (unpaired) electrons. The van der Waals surface area contributed by atoms with Crippen LogP contribution in [0.15, 0.2) is 48.5 Å². The van der Waals surface area contributed by atoms with E-state index in [0.717, 1.165) is 11.3 Å². The van der Waals surface area contributed by atoms with Crippen molar-refractivity contribution < 1.29 is 9.53 Å². The number of hydrogen-bond donors (Lipinski definition) is 1. The number of amides is 1. The smallest absolute Gasteiger partial charge is 0.257 e. The first-order valence-electron chi connectivity index (χ1n) is 7.69. The molecule has 3 rings (SSSR count). The summed E-state index contributed by atoms with van der Waals surface area (Å²) in [7, 11) is 0. The van der Waals surface area contributed by atoms with Crippen LogP contribution in [0.25, 0.3) is 10.6 Å². The number of benzene rings is 2. The van der Waals surface area contributed by atoms with Gasteiger partial charge in [-0.05, 0) is 44.2 Å². The van der Waals surface area contributed by atoms with E-state index >= 15 is 0 Å². The van der Waals surface area contributed by atoms with Crippen LogP contribution in [-0.2, 0) is 0 Å². The summed E-state index contributed by atoms with van der Waals surface area (Å²) < 4.78 is 5.57. The number of aromatic nitrogens is 2. The first-order chi connectivity index (χ1) is 12.0. The molecule has 0 bridgehead atoms. The molecular formula is C18H16ClN3O2S. The molecule has 1 amide bonds. The van der Waals surface area contributed by atoms with E-state index < -0.39 is 0 Å². The van der Waals surface area contributed by atoms with Crippen molar-refractivity contribution in [2.75, 3.05) is 5.32 Å². The number of rotatable bonds is 5. The van der Waals surface area contributed by atoms with Gasteiger partial charge in [-0.2, -0.15) is 0 Å². The summed E-state index contributed by atoms with van der Waals surface area (Å²) in [5, 5.41) is 12.5. The predicted molar refractivity (Wildman–Crippen MR) is 101 cm³/mol. The highest BCUT2D eigenvalue weighted by Gasteiger charge is 2.13. The van der Waals surface area contributed by atoms with E-state index in [-0.39, 0.29) is 12.0 Å². The summed E-state index contributed by atoms with van der Waals surface area (Å²) >= 11 is 7.43. The molecule has 0 saturated carbocycles. The van der Waals surface area contributed by atoms with Crippen LogP contribution in [0.5, 0.6) is 5.75 Å². The summed E-state index contributed by atoms with van der Waals surface area (Å²) in [5.74, 6) is 0.474. The molecule has 0 aliphatic rings. The largest absolute Gasteiger partial charge is 0.491 e. The number of carbonyl (C=O) groups is 1. The zero-order valence-corrected chi connectivity index (χ0v) is 15.3. The van der Waals surface area contributed by atoms with Crippen LogP contribution >= 0.6 is 22.9 Å². The number of anilines is 1. The van der Waals surface area contributed by atoms with Crippen LogP contribution in [0.3, 0.4) is 0 Å². The summed E-state index contributed by atoms with van der Waals surface area (Å²) in [5.41, 5.74) is 1.31. The van der Waals surface area contributed by atoms with Crippen LogP contribution in [0.4, 0.5) is 5.13 Å². The molecule has 0 fully saturated rings. The lowest BCUT2D eigenvalue weighted by atomic mass is 10.2. The number of nitrogens with one attached hydrogen (secondary N) is 1. The number of ether oxygens (including phenoxy) is 1. The third kappa shape index (κ3) is 4.35. The lowest BCUT2D eigenvalue weighted by Gasteiger charge is -2.09. The van der Waals surface area contributed by atoms with Gasteiger partial charge in [-0.1, -0.05) is 41.1 Å². The highest BCUT2D eigenvalue weighted by Crippen LogP contribution is 2.31. The molecule has 25 heavy (non-hydrogen) atoms. The highest BCUT2D eigenvalue weighted by molar-refractivity contribution is 7.18. The zero-order valence-electron chi connectivity index (χ0n) is 13.7. The van der Waals surface area contributed by atoms with Crippen molar-refractivity contribution in [3.05, 3.63) is 59.1 Å². The maximum Gasteiger partial charge on any atom is 0.257 e. The quantitative estimate of drug-likeness (QED) is 0.691. The molecule has 7 heteroatoms. The third-order valence-corrected chi connectivity index (χ3v) is 4.44. The molecule has 1 N–H and O–H groups in total. The Bertz CT molecular complexity index is 878. The third-order valence-electron chi connectivity index (χ3n) is 3.24. The van der Waals surface area contributed by atoms with Gasteiger partial charge < -0.3 is 4.74 Å². The second-order valence-corrected chi connectivity index (χ2v) is 6.92. The minimum atomic E-state index is -0.252. The predicted octanol–water partition coefficient (Wildman–Crippen LogP) is 4.90. The Labute approximate surface area is 154 Å². The molecule has 0 unspecified atom stereocenters. The number of hydrogen-bond acceptors (Lipinski definition) is 5.